The number of rotatable bonds is 5. The van der Waals surface area contributed by atoms with Gasteiger partial charge in [-0.05, 0) is 37.8 Å². The van der Waals surface area contributed by atoms with Crippen molar-refractivity contribution in [1.82, 2.24) is 30.1 Å². The summed E-state index contributed by atoms with van der Waals surface area (Å²) < 4.78 is 1.66. The van der Waals surface area contributed by atoms with Crippen molar-refractivity contribution in [2.45, 2.75) is 31.6 Å². The highest BCUT2D eigenvalue weighted by atomic mass is 16.1. The van der Waals surface area contributed by atoms with Crippen molar-refractivity contribution in [2.75, 3.05) is 30.4 Å². The van der Waals surface area contributed by atoms with Crippen molar-refractivity contribution in [3.63, 3.8) is 0 Å². The van der Waals surface area contributed by atoms with Gasteiger partial charge in [-0.3, -0.25) is 9.89 Å². The number of aromatic amines is 1. The molecule has 0 atom stereocenters. The van der Waals surface area contributed by atoms with Crippen molar-refractivity contribution < 1.29 is 4.79 Å². The van der Waals surface area contributed by atoms with Crippen LogP contribution in [0.4, 0.5) is 17.6 Å². The van der Waals surface area contributed by atoms with Crippen LogP contribution in [0.5, 0.6) is 0 Å². The summed E-state index contributed by atoms with van der Waals surface area (Å²) in [5.41, 5.74) is 2.38. The quantitative estimate of drug-likeness (QED) is 0.638. The Morgan fingerprint density at radius 3 is 2.81 bits per heavy atom. The fourth-order valence-corrected chi connectivity index (χ4v) is 3.55. The molecule has 9 nitrogen and oxygen atoms in total. The fourth-order valence-electron chi connectivity index (χ4n) is 3.55. The van der Waals surface area contributed by atoms with E-state index in [0.29, 0.717) is 23.4 Å². The topological polar surface area (TPSA) is 103 Å². The van der Waals surface area contributed by atoms with E-state index < -0.39 is 0 Å². The molecule has 0 spiro atoms. The molecule has 5 rings (SSSR count). The van der Waals surface area contributed by atoms with Crippen molar-refractivity contribution >= 4 is 29.0 Å². The van der Waals surface area contributed by atoms with Crippen molar-refractivity contribution in [3.8, 4) is 0 Å². The zero-order chi connectivity index (χ0) is 18.4. The van der Waals surface area contributed by atoms with Gasteiger partial charge in [0.05, 0.1) is 0 Å². The normalized spacial score (nSPS) is 16.9. The van der Waals surface area contributed by atoms with Gasteiger partial charge in [-0.15, -0.1) is 5.10 Å². The van der Waals surface area contributed by atoms with Crippen LogP contribution in [0.15, 0.2) is 18.2 Å². The minimum absolute atomic E-state index is 0.178. The monoisotopic (exact) mass is 366 g/mol. The summed E-state index contributed by atoms with van der Waals surface area (Å²) in [6.45, 7) is 1.85. The van der Waals surface area contributed by atoms with Gasteiger partial charge in [-0.2, -0.15) is 10.1 Å². The Labute approximate surface area is 156 Å². The van der Waals surface area contributed by atoms with Gasteiger partial charge in [0.2, 0.25) is 5.95 Å². The molecule has 1 aliphatic carbocycles. The second kappa shape index (κ2) is 6.26. The van der Waals surface area contributed by atoms with Gasteiger partial charge in [-0.25, -0.2) is 4.52 Å². The number of hydrogen-bond donors (Lipinski definition) is 3. The van der Waals surface area contributed by atoms with E-state index in [2.05, 4.69) is 30.8 Å². The lowest BCUT2D eigenvalue weighted by atomic mass is 10.3. The zero-order valence-electron chi connectivity index (χ0n) is 15.2. The largest absolute Gasteiger partial charge is 0.354 e. The van der Waals surface area contributed by atoms with E-state index in [0.717, 1.165) is 43.0 Å². The lowest BCUT2D eigenvalue weighted by Gasteiger charge is -2.17. The smallest absolute Gasteiger partial charge is 0.269 e. The average molecular weight is 366 g/mol. The molecule has 2 fully saturated rings. The maximum absolute atomic E-state index is 12.2. The summed E-state index contributed by atoms with van der Waals surface area (Å²) in [5, 5.41) is 18.1. The number of hydrogen-bond acceptors (Lipinski definition) is 6. The highest BCUT2D eigenvalue weighted by Gasteiger charge is 2.26. The number of nitrogens with one attached hydrogen (secondary N) is 3. The maximum atomic E-state index is 12.2. The molecule has 1 saturated carbocycles. The highest BCUT2D eigenvalue weighted by molar-refractivity contribution is 5.94. The summed E-state index contributed by atoms with van der Waals surface area (Å²) in [4.78, 5) is 19.1. The van der Waals surface area contributed by atoms with E-state index in [1.54, 1.807) is 17.6 Å². The second-order valence-electron chi connectivity index (χ2n) is 7.16. The molecule has 3 N–H and O–H groups in total. The zero-order valence-corrected chi connectivity index (χ0v) is 15.2. The third-order valence-electron chi connectivity index (χ3n) is 5.21. The molecule has 140 valence electrons. The third kappa shape index (κ3) is 2.88. The Balaban J connectivity index is 1.57. The highest BCUT2D eigenvalue weighted by Crippen LogP contribution is 2.39. The molecule has 0 bridgehead atoms. The summed E-state index contributed by atoms with van der Waals surface area (Å²) in [6.07, 6.45) is 4.68. The van der Waals surface area contributed by atoms with Crippen LogP contribution in [0.25, 0.3) is 5.52 Å². The van der Waals surface area contributed by atoms with Crippen molar-refractivity contribution in [3.05, 3.63) is 29.6 Å². The molecule has 0 radical (unpaired) electrons. The molecule has 1 amide bonds. The lowest BCUT2D eigenvalue weighted by molar-refractivity contribution is 0.0956. The molecule has 1 aliphatic heterocycles. The molecule has 9 heteroatoms. The molecular weight excluding hydrogens is 344 g/mol. The van der Waals surface area contributed by atoms with Crippen molar-refractivity contribution in [1.29, 1.82) is 0 Å². The van der Waals surface area contributed by atoms with Crippen LogP contribution < -0.4 is 15.5 Å². The standard InChI is InChI=1S/C18H22N8O/c1-19-17(27)14-7-6-13-16(20-15-10-12(22-23-15)11-4-5-11)21-18(24-26(13)14)25-8-2-3-9-25/h6-7,10-11H,2-5,8-9H2,1H3,(H,19,27)(H2,20,21,22,23,24). The lowest BCUT2D eigenvalue weighted by Crippen LogP contribution is -2.24. The van der Waals surface area contributed by atoms with E-state index in [9.17, 15) is 4.79 Å². The molecule has 0 aromatic carbocycles. The Morgan fingerprint density at radius 2 is 2.07 bits per heavy atom. The predicted molar refractivity (Wildman–Crippen MR) is 102 cm³/mol. The second-order valence-corrected chi connectivity index (χ2v) is 7.16. The van der Waals surface area contributed by atoms with E-state index in [-0.39, 0.29) is 5.91 Å². The number of anilines is 3. The first-order valence-corrected chi connectivity index (χ1v) is 9.42. The number of carbonyl (C=O) groups excluding carboxylic acids is 1. The molecule has 4 heterocycles. The predicted octanol–water partition coefficient (Wildman–Crippen LogP) is 2.03. The fraction of sp³-hybridized carbons (Fsp3) is 0.444. The van der Waals surface area contributed by atoms with Gasteiger partial charge in [0, 0.05) is 37.8 Å². The van der Waals surface area contributed by atoms with Gasteiger partial charge >= 0.3 is 0 Å². The Kier molecular flexibility index (Phi) is 3.73. The first-order valence-electron chi connectivity index (χ1n) is 9.42. The Bertz CT molecular complexity index is 996. The minimum Gasteiger partial charge on any atom is -0.354 e. The van der Waals surface area contributed by atoms with E-state index in [1.165, 1.54) is 12.8 Å². The summed E-state index contributed by atoms with van der Waals surface area (Å²) in [5.74, 6) is 2.43. The SMILES string of the molecule is CNC(=O)c1ccc2c(Nc3cc(C4CC4)[nH]n3)nc(N3CCCC3)nn12. The number of fused-ring (bicyclic) bond motifs is 1. The number of nitrogens with zero attached hydrogens (tertiary/aromatic N) is 5. The van der Waals surface area contributed by atoms with Crippen LogP contribution >= 0.6 is 0 Å². The third-order valence-corrected chi connectivity index (χ3v) is 5.21. The molecule has 1 saturated heterocycles. The van der Waals surface area contributed by atoms with Crippen LogP contribution in [0.1, 0.15) is 47.8 Å². The van der Waals surface area contributed by atoms with E-state index in [4.69, 9.17) is 4.98 Å². The minimum atomic E-state index is -0.178. The van der Waals surface area contributed by atoms with Crippen LogP contribution in [0.2, 0.25) is 0 Å². The average Bonchev–Trinajstić information content (AvgIpc) is 3.09. The first kappa shape index (κ1) is 16.1. The van der Waals surface area contributed by atoms with Gasteiger partial charge in [0.25, 0.3) is 5.91 Å². The summed E-state index contributed by atoms with van der Waals surface area (Å²) >= 11 is 0. The van der Waals surface area contributed by atoms with Gasteiger partial charge in [-0.1, -0.05) is 0 Å². The van der Waals surface area contributed by atoms with Gasteiger partial charge in [0.15, 0.2) is 11.6 Å². The van der Waals surface area contributed by atoms with Gasteiger partial charge in [0.1, 0.15) is 11.2 Å². The molecular formula is C18H22N8O. The van der Waals surface area contributed by atoms with E-state index >= 15 is 0 Å². The molecule has 3 aromatic rings. The number of carbonyl (C=O) groups is 1. The Hall–Kier alpha value is -3.10. The van der Waals surface area contributed by atoms with E-state index in [1.807, 2.05) is 12.1 Å². The summed E-state index contributed by atoms with van der Waals surface area (Å²) in [6, 6.07) is 5.66. The molecule has 2 aliphatic rings. The van der Waals surface area contributed by atoms with Crippen molar-refractivity contribution in [2.24, 2.45) is 0 Å². The summed E-state index contributed by atoms with van der Waals surface area (Å²) in [7, 11) is 1.62. The number of amides is 1. The molecule has 27 heavy (non-hydrogen) atoms. The van der Waals surface area contributed by atoms with Crippen LogP contribution in [0, 0.1) is 0 Å². The number of aromatic nitrogens is 5. The Morgan fingerprint density at radius 1 is 1.26 bits per heavy atom. The van der Waals surface area contributed by atoms with Crippen LogP contribution in [-0.2, 0) is 0 Å². The van der Waals surface area contributed by atoms with Crippen LogP contribution in [0.3, 0.4) is 0 Å². The molecule has 0 unspecified atom stereocenters. The van der Waals surface area contributed by atoms with Gasteiger partial charge < -0.3 is 15.5 Å². The maximum Gasteiger partial charge on any atom is 0.269 e. The van der Waals surface area contributed by atoms with Crippen LogP contribution in [-0.4, -0.2) is 50.8 Å². The number of H-pyrrole nitrogens is 1. The first-order chi connectivity index (χ1) is 13.2. The molecule has 3 aromatic heterocycles.